The smallest absolute Gasteiger partial charge is 0.360 e. The average molecular weight is 505 g/mol. The molecular weight excluding hydrogens is 472 g/mol. The van der Waals surface area contributed by atoms with E-state index in [1.807, 2.05) is 31.2 Å². The van der Waals surface area contributed by atoms with Crippen LogP contribution in [0.5, 0.6) is 11.5 Å². The Kier molecular flexibility index (Phi) is 8.74. The van der Waals surface area contributed by atoms with Crippen molar-refractivity contribution in [1.29, 1.82) is 0 Å². The number of anilines is 1. The van der Waals surface area contributed by atoms with Gasteiger partial charge in [0.1, 0.15) is 28.9 Å². The van der Waals surface area contributed by atoms with E-state index in [9.17, 15) is 14.4 Å². The second-order valence-electron chi connectivity index (χ2n) is 9.24. The standard InChI is InChI=1S/C29H32N2O6/c1-19(8-6-12-27(33)36-22-9-4-3-5-10-22)16-26(32)31-24-17-21-13-14-25(20(2)28(21)37-29(24)34)35-23-11-7-15-30-18-23/h3-5,8-10,13-14,17,23,30H,6-7,11-12,15-16,18H2,1-2H3,(H,31,32). The SMILES string of the molecule is CC(=CCCC(=O)Oc1ccccc1)CC(=O)Nc1cc2ccc(OC3CCCNC3)c(C)c2oc1=O. The van der Waals surface area contributed by atoms with Crippen LogP contribution in [0, 0.1) is 6.92 Å². The molecule has 3 aromatic rings. The Morgan fingerprint density at radius 1 is 1.19 bits per heavy atom. The van der Waals surface area contributed by atoms with Crippen LogP contribution in [0.25, 0.3) is 11.0 Å². The summed E-state index contributed by atoms with van der Waals surface area (Å²) in [6.45, 7) is 5.45. The molecule has 1 aliphatic rings. The number of esters is 1. The number of allylic oxidation sites excluding steroid dienone is 1. The largest absolute Gasteiger partial charge is 0.489 e. The average Bonchev–Trinajstić information content (AvgIpc) is 2.88. The van der Waals surface area contributed by atoms with Gasteiger partial charge in [0.15, 0.2) is 0 Å². The predicted octanol–water partition coefficient (Wildman–Crippen LogP) is 4.89. The molecule has 1 amide bonds. The van der Waals surface area contributed by atoms with E-state index in [2.05, 4.69) is 10.6 Å². The summed E-state index contributed by atoms with van der Waals surface area (Å²) in [6, 6.07) is 14.2. The Hall–Kier alpha value is -3.91. The third kappa shape index (κ3) is 7.30. The third-order valence-corrected chi connectivity index (χ3v) is 6.18. The van der Waals surface area contributed by atoms with Crippen LogP contribution in [-0.4, -0.2) is 31.1 Å². The molecule has 194 valence electrons. The van der Waals surface area contributed by atoms with Gasteiger partial charge in [-0.15, -0.1) is 0 Å². The maximum Gasteiger partial charge on any atom is 0.360 e. The molecule has 1 aromatic heterocycles. The second kappa shape index (κ2) is 12.4. The van der Waals surface area contributed by atoms with Gasteiger partial charge in [-0.2, -0.15) is 0 Å². The summed E-state index contributed by atoms with van der Waals surface area (Å²) in [6.07, 6.45) is 4.68. The molecule has 0 spiro atoms. The van der Waals surface area contributed by atoms with Gasteiger partial charge in [0.25, 0.3) is 0 Å². The number of fused-ring (bicyclic) bond motifs is 1. The first kappa shape index (κ1) is 26.2. The molecule has 1 saturated heterocycles. The van der Waals surface area contributed by atoms with Crippen LogP contribution in [-0.2, 0) is 9.59 Å². The van der Waals surface area contributed by atoms with E-state index in [4.69, 9.17) is 13.9 Å². The van der Waals surface area contributed by atoms with Crippen LogP contribution in [0.1, 0.15) is 44.6 Å². The van der Waals surface area contributed by atoms with Crippen LogP contribution in [0.4, 0.5) is 5.69 Å². The van der Waals surface area contributed by atoms with Gasteiger partial charge in [0, 0.05) is 30.3 Å². The number of carbonyl (C=O) groups is 2. The highest BCUT2D eigenvalue weighted by Gasteiger charge is 2.18. The number of rotatable bonds is 9. The van der Waals surface area contributed by atoms with Crippen molar-refractivity contribution in [3.05, 3.63) is 76.2 Å². The summed E-state index contributed by atoms with van der Waals surface area (Å²) < 4.78 is 16.9. The molecule has 2 N–H and O–H groups in total. The summed E-state index contributed by atoms with van der Waals surface area (Å²) in [4.78, 5) is 37.1. The van der Waals surface area contributed by atoms with Crippen molar-refractivity contribution in [3.8, 4) is 11.5 Å². The molecule has 1 atom stereocenters. The zero-order valence-electron chi connectivity index (χ0n) is 21.2. The minimum absolute atomic E-state index is 0.0842. The predicted molar refractivity (Wildman–Crippen MR) is 142 cm³/mol. The van der Waals surface area contributed by atoms with Crippen molar-refractivity contribution in [2.24, 2.45) is 0 Å². The molecule has 0 bridgehead atoms. The minimum atomic E-state index is -0.620. The molecule has 0 radical (unpaired) electrons. The number of benzene rings is 2. The van der Waals surface area contributed by atoms with E-state index in [0.717, 1.165) is 37.1 Å². The van der Waals surface area contributed by atoms with Crippen molar-refractivity contribution in [1.82, 2.24) is 5.32 Å². The van der Waals surface area contributed by atoms with Gasteiger partial charge >= 0.3 is 11.6 Å². The Morgan fingerprint density at radius 2 is 2.00 bits per heavy atom. The van der Waals surface area contributed by atoms with Crippen LogP contribution in [0.15, 0.2) is 69.4 Å². The number of amides is 1. The molecular formula is C29H32N2O6. The number of carbonyl (C=O) groups excluding carboxylic acids is 2. The van der Waals surface area contributed by atoms with Gasteiger partial charge in [-0.05, 0) is 70.0 Å². The lowest BCUT2D eigenvalue weighted by Crippen LogP contribution is -2.37. The third-order valence-electron chi connectivity index (χ3n) is 6.18. The molecule has 37 heavy (non-hydrogen) atoms. The van der Waals surface area contributed by atoms with E-state index < -0.39 is 5.63 Å². The topological polar surface area (TPSA) is 107 Å². The Balaban J connectivity index is 1.33. The van der Waals surface area contributed by atoms with E-state index in [0.29, 0.717) is 28.9 Å². The second-order valence-corrected chi connectivity index (χ2v) is 9.24. The van der Waals surface area contributed by atoms with Crippen LogP contribution < -0.4 is 25.7 Å². The molecule has 8 nitrogen and oxygen atoms in total. The van der Waals surface area contributed by atoms with Crippen LogP contribution in [0.2, 0.25) is 0 Å². The quantitative estimate of drug-likeness (QED) is 0.185. The number of piperidine rings is 1. The number of nitrogens with one attached hydrogen (secondary N) is 2. The summed E-state index contributed by atoms with van der Waals surface area (Å²) in [5.41, 5.74) is 1.45. The van der Waals surface area contributed by atoms with Gasteiger partial charge in [0.2, 0.25) is 5.91 Å². The first-order valence-corrected chi connectivity index (χ1v) is 12.5. The van der Waals surface area contributed by atoms with E-state index in [-0.39, 0.29) is 36.5 Å². The molecule has 0 aliphatic carbocycles. The Labute approximate surface area is 215 Å². The van der Waals surface area contributed by atoms with E-state index in [1.165, 1.54) is 0 Å². The highest BCUT2D eigenvalue weighted by Crippen LogP contribution is 2.29. The molecule has 1 unspecified atom stereocenters. The van der Waals surface area contributed by atoms with Gasteiger partial charge in [-0.3, -0.25) is 9.59 Å². The summed E-state index contributed by atoms with van der Waals surface area (Å²) in [5, 5.41) is 6.67. The minimum Gasteiger partial charge on any atom is -0.489 e. The lowest BCUT2D eigenvalue weighted by molar-refractivity contribution is -0.134. The van der Waals surface area contributed by atoms with Crippen molar-refractivity contribution >= 4 is 28.5 Å². The van der Waals surface area contributed by atoms with Crippen molar-refractivity contribution in [3.63, 3.8) is 0 Å². The maximum atomic E-state index is 12.6. The van der Waals surface area contributed by atoms with Gasteiger partial charge in [-0.1, -0.05) is 29.8 Å². The number of hydrogen-bond donors (Lipinski definition) is 2. The van der Waals surface area contributed by atoms with Crippen molar-refractivity contribution in [2.75, 3.05) is 18.4 Å². The molecule has 2 aromatic carbocycles. The van der Waals surface area contributed by atoms with Gasteiger partial charge in [-0.25, -0.2) is 4.79 Å². The van der Waals surface area contributed by atoms with Crippen LogP contribution in [0.3, 0.4) is 0 Å². The first-order chi connectivity index (χ1) is 17.9. The summed E-state index contributed by atoms with van der Waals surface area (Å²) in [7, 11) is 0. The van der Waals surface area contributed by atoms with E-state index in [1.54, 1.807) is 37.3 Å². The number of hydrogen-bond acceptors (Lipinski definition) is 7. The highest BCUT2D eigenvalue weighted by atomic mass is 16.5. The monoisotopic (exact) mass is 504 g/mol. The molecule has 8 heteroatoms. The molecule has 0 saturated carbocycles. The fourth-order valence-corrected chi connectivity index (χ4v) is 4.25. The summed E-state index contributed by atoms with van der Waals surface area (Å²) in [5.74, 6) is 0.512. The fourth-order valence-electron chi connectivity index (χ4n) is 4.25. The van der Waals surface area contributed by atoms with Crippen molar-refractivity contribution in [2.45, 2.75) is 52.1 Å². The molecule has 1 aliphatic heterocycles. The normalized spacial score (nSPS) is 15.8. The van der Waals surface area contributed by atoms with Crippen LogP contribution >= 0.6 is 0 Å². The molecule has 4 rings (SSSR count). The number of aryl methyl sites for hydroxylation is 1. The summed E-state index contributed by atoms with van der Waals surface area (Å²) >= 11 is 0. The maximum absolute atomic E-state index is 12.6. The lowest BCUT2D eigenvalue weighted by Gasteiger charge is -2.24. The van der Waals surface area contributed by atoms with E-state index >= 15 is 0 Å². The van der Waals surface area contributed by atoms with Gasteiger partial charge in [0.05, 0.1) is 0 Å². The number of para-hydroxylation sites is 1. The highest BCUT2D eigenvalue weighted by molar-refractivity contribution is 5.94. The lowest BCUT2D eigenvalue weighted by atomic mass is 10.1. The zero-order chi connectivity index (χ0) is 26.2. The zero-order valence-corrected chi connectivity index (χ0v) is 21.2. The molecule has 2 heterocycles. The first-order valence-electron chi connectivity index (χ1n) is 12.5. The molecule has 1 fully saturated rings. The van der Waals surface area contributed by atoms with Crippen molar-refractivity contribution < 1.29 is 23.5 Å². The van der Waals surface area contributed by atoms with Gasteiger partial charge < -0.3 is 24.5 Å². The number of ether oxygens (including phenoxy) is 2. The Morgan fingerprint density at radius 3 is 2.76 bits per heavy atom. The Bertz CT molecular complexity index is 1340. The fraction of sp³-hybridized carbons (Fsp3) is 0.345.